The van der Waals surface area contributed by atoms with Gasteiger partial charge in [0.05, 0.1) is 10.6 Å². The first kappa shape index (κ1) is 9.09. The van der Waals surface area contributed by atoms with Crippen molar-refractivity contribution in [3.05, 3.63) is 39.2 Å². The van der Waals surface area contributed by atoms with Crippen LogP contribution in [0.3, 0.4) is 0 Å². The molecule has 14 heavy (non-hydrogen) atoms. The lowest BCUT2D eigenvalue weighted by atomic mass is 10.2. The summed E-state index contributed by atoms with van der Waals surface area (Å²) in [6.07, 6.45) is 0. The van der Waals surface area contributed by atoms with E-state index in [1.54, 1.807) is 25.1 Å². The van der Waals surface area contributed by atoms with Gasteiger partial charge in [-0.1, -0.05) is 11.6 Å². The number of hydrogen-bond donors (Lipinski definition) is 1. The molecule has 0 fully saturated rings. The molecule has 2 rings (SSSR count). The second-order valence-electron chi connectivity index (χ2n) is 3.08. The summed E-state index contributed by atoms with van der Waals surface area (Å²) in [6, 6.07) is 5.04. The van der Waals surface area contributed by atoms with E-state index >= 15 is 0 Å². The smallest absolute Gasteiger partial charge is 0.340 e. The molecule has 1 aromatic heterocycles. The Bertz CT molecular complexity index is 560. The molecule has 72 valence electrons. The number of hydrogen-bond acceptors (Lipinski definition) is 3. The summed E-state index contributed by atoms with van der Waals surface area (Å²) in [6.45, 7) is 1.63. The average Bonchev–Trinajstić information content (AvgIpc) is 2.14. The first-order valence-electron chi connectivity index (χ1n) is 4.08. The molecule has 2 aromatic rings. The van der Waals surface area contributed by atoms with E-state index in [9.17, 15) is 4.79 Å². The van der Waals surface area contributed by atoms with Gasteiger partial charge < -0.3 is 10.2 Å². The Kier molecular flexibility index (Phi) is 1.97. The fourth-order valence-corrected chi connectivity index (χ4v) is 1.51. The van der Waals surface area contributed by atoms with Crippen LogP contribution >= 0.6 is 11.6 Å². The summed E-state index contributed by atoms with van der Waals surface area (Å²) in [5.74, 6) is 0. The van der Waals surface area contributed by atoms with Gasteiger partial charge >= 0.3 is 5.63 Å². The molecule has 3 nitrogen and oxygen atoms in total. The third-order valence-electron chi connectivity index (χ3n) is 2.08. The standard InChI is InChI=1S/C10H8ClNO2/c1-5-9(11)7-3-2-6(12)4-8(7)14-10(5)13/h2-4H,12H2,1H3. The van der Waals surface area contributed by atoms with Crippen LogP contribution in [0, 0.1) is 6.92 Å². The van der Waals surface area contributed by atoms with Gasteiger partial charge in [0.1, 0.15) is 5.58 Å². The highest BCUT2D eigenvalue weighted by Gasteiger charge is 2.08. The molecule has 0 aliphatic heterocycles. The third-order valence-corrected chi connectivity index (χ3v) is 2.57. The van der Waals surface area contributed by atoms with Crippen molar-refractivity contribution in [2.75, 3.05) is 5.73 Å². The van der Waals surface area contributed by atoms with Crippen LogP contribution in [0.4, 0.5) is 5.69 Å². The molecular weight excluding hydrogens is 202 g/mol. The number of fused-ring (bicyclic) bond motifs is 1. The van der Waals surface area contributed by atoms with Gasteiger partial charge in [-0.25, -0.2) is 4.79 Å². The molecule has 1 aromatic carbocycles. The Labute approximate surface area is 85.1 Å². The molecule has 1 heterocycles. The number of halogens is 1. The van der Waals surface area contributed by atoms with E-state index in [-0.39, 0.29) is 0 Å². The van der Waals surface area contributed by atoms with Crippen molar-refractivity contribution < 1.29 is 4.42 Å². The highest BCUT2D eigenvalue weighted by Crippen LogP contribution is 2.25. The van der Waals surface area contributed by atoms with E-state index in [1.165, 1.54) is 0 Å². The van der Waals surface area contributed by atoms with Gasteiger partial charge in [-0.15, -0.1) is 0 Å². The quantitative estimate of drug-likeness (QED) is 0.535. The largest absolute Gasteiger partial charge is 0.422 e. The summed E-state index contributed by atoms with van der Waals surface area (Å²) in [5.41, 5.74) is 6.52. The minimum atomic E-state index is -0.423. The summed E-state index contributed by atoms with van der Waals surface area (Å²) in [4.78, 5) is 11.3. The SMILES string of the molecule is Cc1c(Cl)c2ccc(N)cc2oc1=O. The monoisotopic (exact) mass is 209 g/mol. The van der Waals surface area contributed by atoms with Crippen LogP contribution in [0.2, 0.25) is 5.02 Å². The minimum absolute atomic E-state index is 0.420. The van der Waals surface area contributed by atoms with Crippen LogP contribution in [-0.4, -0.2) is 0 Å². The van der Waals surface area contributed by atoms with Crippen molar-refractivity contribution in [2.24, 2.45) is 0 Å². The van der Waals surface area contributed by atoms with Crippen molar-refractivity contribution in [1.82, 2.24) is 0 Å². The lowest BCUT2D eigenvalue weighted by Gasteiger charge is -2.02. The van der Waals surface area contributed by atoms with Crippen molar-refractivity contribution in [3.63, 3.8) is 0 Å². The maximum absolute atomic E-state index is 11.3. The second kappa shape index (κ2) is 3.03. The van der Waals surface area contributed by atoms with Crippen LogP contribution in [0.5, 0.6) is 0 Å². The lowest BCUT2D eigenvalue weighted by molar-refractivity contribution is 0.555. The predicted octanol–water partition coefficient (Wildman–Crippen LogP) is 2.34. The van der Waals surface area contributed by atoms with Crippen molar-refractivity contribution in [1.29, 1.82) is 0 Å². The van der Waals surface area contributed by atoms with E-state index < -0.39 is 5.63 Å². The molecule has 0 amide bonds. The minimum Gasteiger partial charge on any atom is -0.422 e. The molecule has 0 saturated heterocycles. The van der Waals surface area contributed by atoms with Crippen LogP contribution in [0.15, 0.2) is 27.4 Å². The highest BCUT2D eigenvalue weighted by molar-refractivity contribution is 6.35. The normalized spacial score (nSPS) is 10.7. The van der Waals surface area contributed by atoms with E-state index in [2.05, 4.69) is 0 Å². The van der Waals surface area contributed by atoms with E-state index in [1.807, 2.05) is 0 Å². The van der Waals surface area contributed by atoms with Gasteiger partial charge in [-0.3, -0.25) is 0 Å². The van der Waals surface area contributed by atoms with Gasteiger partial charge in [-0.05, 0) is 19.1 Å². The molecule has 0 atom stereocenters. The number of nitrogen functional groups attached to an aromatic ring is 1. The van der Waals surface area contributed by atoms with Gasteiger partial charge in [0.25, 0.3) is 0 Å². The van der Waals surface area contributed by atoms with E-state index in [0.717, 1.165) is 0 Å². The van der Waals surface area contributed by atoms with Gasteiger partial charge in [0, 0.05) is 17.1 Å². The average molecular weight is 210 g/mol. The predicted molar refractivity (Wildman–Crippen MR) is 56.6 cm³/mol. The van der Waals surface area contributed by atoms with Crippen LogP contribution < -0.4 is 11.4 Å². The van der Waals surface area contributed by atoms with Crippen LogP contribution in [0.1, 0.15) is 5.56 Å². The molecule has 0 saturated carbocycles. The Balaban J connectivity index is 2.98. The summed E-state index contributed by atoms with van der Waals surface area (Å²) in [7, 11) is 0. The zero-order valence-corrected chi connectivity index (χ0v) is 8.26. The summed E-state index contributed by atoms with van der Waals surface area (Å²) >= 11 is 5.98. The van der Waals surface area contributed by atoms with Crippen molar-refractivity contribution in [2.45, 2.75) is 6.92 Å². The summed E-state index contributed by atoms with van der Waals surface area (Å²) < 4.78 is 5.03. The van der Waals surface area contributed by atoms with Crippen LogP contribution in [0.25, 0.3) is 11.0 Å². The maximum Gasteiger partial charge on any atom is 0.340 e. The maximum atomic E-state index is 11.3. The number of nitrogens with two attached hydrogens (primary N) is 1. The summed E-state index contributed by atoms with van der Waals surface area (Å²) in [5, 5.41) is 1.13. The Morgan fingerprint density at radius 3 is 2.86 bits per heavy atom. The van der Waals surface area contributed by atoms with Crippen molar-refractivity contribution >= 4 is 28.3 Å². The van der Waals surface area contributed by atoms with Gasteiger partial charge in [0.15, 0.2) is 0 Å². The molecule has 0 unspecified atom stereocenters. The van der Waals surface area contributed by atoms with Crippen molar-refractivity contribution in [3.8, 4) is 0 Å². The zero-order chi connectivity index (χ0) is 10.3. The lowest BCUT2D eigenvalue weighted by Crippen LogP contribution is -2.03. The molecule has 0 radical (unpaired) electrons. The Hall–Kier alpha value is -1.48. The molecule has 0 aliphatic carbocycles. The number of rotatable bonds is 0. The van der Waals surface area contributed by atoms with E-state index in [4.69, 9.17) is 21.8 Å². The van der Waals surface area contributed by atoms with Crippen LogP contribution in [-0.2, 0) is 0 Å². The first-order valence-corrected chi connectivity index (χ1v) is 4.46. The molecular formula is C10H8ClNO2. The topological polar surface area (TPSA) is 56.2 Å². The Morgan fingerprint density at radius 1 is 1.43 bits per heavy atom. The highest BCUT2D eigenvalue weighted by atomic mass is 35.5. The third kappa shape index (κ3) is 1.26. The number of anilines is 1. The molecule has 0 aliphatic rings. The Morgan fingerprint density at radius 2 is 2.14 bits per heavy atom. The number of benzene rings is 1. The molecule has 4 heteroatoms. The first-order chi connectivity index (χ1) is 6.59. The molecule has 2 N–H and O–H groups in total. The van der Waals surface area contributed by atoms with Gasteiger partial charge in [-0.2, -0.15) is 0 Å². The fourth-order valence-electron chi connectivity index (χ4n) is 1.27. The molecule has 0 spiro atoms. The van der Waals surface area contributed by atoms with E-state index in [0.29, 0.717) is 27.2 Å². The zero-order valence-electron chi connectivity index (χ0n) is 7.50. The second-order valence-corrected chi connectivity index (χ2v) is 3.46. The molecule has 0 bridgehead atoms. The fraction of sp³-hybridized carbons (Fsp3) is 0.100. The van der Waals surface area contributed by atoms with Gasteiger partial charge in [0.2, 0.25) is 0 Å².